The van der Waals surface area contributed by atoms with Crippen molar-refractivity contribution in [2.75, 3.05) is 40.3 Å². The Morgan fingerprint density at radius 3 is 2.57 bits per heavy atom. The van der Waals surface area contributed by atoms with Crippen LogP contribution < -0.4 is 5.32 Å². The highest BCUT2D eigenvalue weighted by atomic mass is 35.5. The van der Waals surface area contributed by atoms with Crippen LogP contribution in [0.4, 0.5) is 0 Å². The summed E-state index contributed by atoms with van der Waals surface area (Å²) in [5, 5.41) is 3.39. The molecule has 1 aliphatic rings. The lowest BCUT2D eigenvalue weighted by atomic mass is 10.1. The minimum absolute atomic E-state index is 0.00532. The smallest absolute Gasteiger partial charge is 0.225 e. The number of benzene rings is 1. The Kier molecular flexibility index (Phi) is 6.42. The highest BCUT2D eigenvalue weighted by molar-refractivity contribution is 6.30. The van der Waals surface area contributed by atoms with Crippen LogP contribution >= 0.6 is 11.6 Å². The van der Waals surface area contributed by atoms with Gasteiger partial charge in [0.25, 0.3) is 0 Å². The topological polar surface area (TPSA) is 52.7 Å². The summed E-state index contributed by atoms with van der Waals surface area (Å²) in [6, 6.07) is 7.56. The molecule has 6 heteroatoms. The summed E-state index contributed by atoms with van der Waals surface area (Å²) < 4.78 is 0. The molecule has 0 saturated carbocycles. The van der Waals surface area contributed by atoms with E-state index in [1.54, 1.807) is 7.05 Å². The van der Waals surface area contributed by atoms with Crippen LogP contribution in [0.1, 0.15) is 12.0 Å². The van der Waals surface area contributed by atoms with E-state index in [-0.39, 0.29) is 17.7 Å². The van der Waals surface area contributed by atoms with E-state index in [1.807, 2.05) is 36.2 Å². The number of carbonyl (C=O) groups excluding carboxylic acids is 2. The van der Waals surface area contributed by atoms with Gasteiger partial charge in [-0.05, 0) is 31.2 Å². The van der Waals surface area contributed by atoms with E-state index < -0.39 is 0 Å². The fraction of sp³-hybridized carbons (Fsp3) is 0.529. The van der Waals surface area contributed by atoms with Gasteiger partial charge in [0.15, 0.2) is 0 Å². The molecular formula is C17H24ClN3O2. The largest absolute Gasteiger partial charge is 0.359 e. The number of halogens is 1. The summed E-state index contributed by atoms with van der Waals surface area (Å²) >= 11 is 5.87. The molecule has 23 heavy (non-hydrogen) atoms. The van der Waals surface area contributed by atoms with Gasteiger partial charge in [0.05, 0.1) is 5.92 Å². The molecular weight excluding hydrogens is 314 g/mol. The third kappa shape index (κ3) is 5.22. The molecule has 2 amide bonds. The van der Waals surface area contributed by atoms with Crippen molar-refractivity contribution in [2.45, 2.75) is 12.8 Å². The van der Waals surface area contributed by atoms with Gasteiger partial charge in [0.2, 0.25) is 11.8 Å². The first kappa shape index (κ1) is 17.8. The predicted molar refractivity (Wildman–Crippen MR) is 91.4 cm³/mol. The minimum Gasteiger partial charge on any atom is -0.359 e. The zero-order chi connectivity index (χ0) is 16.8. The SMILES string of the molecule is CNC(=O)[C@H]1CN(C)CCN(C(=O)CCc2ccc(Cl)cc2)C1. The molecule has 0 aliphatic carbocycles. The molecule has 1 aliphatic heterocycles. The summed E-state index contributed by atoms with van der Waals surface area (Å²) in [6.07, 6.45) is 1.14. The fourth-order valence-corrected chi connectivity index (χ4v) is 2.96. The molecule has 1 fully saturated rings. The fourth-order valence-electron chi connectivity index (χ4n) is 2.83. The molecule has 126 valence electrons. The number of nitrogens with zero attached hydrogens (tertiary/aromatic N) is 2. The van der Waals surface area contributed by atoms with Crippen LogP contribution in [0.2, 0.25) is 5.02 Å². The van der Waals surface area contributed by atoms with Crippen molar-refractivity contribution in [1.82, 2.24) is 15.1 Å². The van der Waals surface area contributed by atoms with Crippen molar-refractivity contribution in [3.63, 3.8) is 0 Å². The lowest BCUT2D eigenvalue weighted by molar-refractivity contribution is -0.132. The highest BCUT2D eigenvalue weighted by Crippen LogP contribution is 2.14. The molecule has 1 heterocycles. The third-order valence-electron chi connectivity index (χ3n) is 4.24. The number of rotatable bonds is 4. The number of nitrogens with one attached hydrogen (secondary N) is 1. The number of aryl methyl sites for hydroxylation is 1. The molecule has 1 aromatic rings. The second-order valence-electron chi connectivity index (χ2n) is 6.04. The first-order valence-corrected chi connectivity index (χ1v) is 8.29. The maximum absolute atomic E-state index is 12.5. The van der Waals surface area contributed by atoms with Gasteiger partial charge >= 0.3 is 0 Å². The molecule has 0 aromatic heterocycles. The summed E-state index contributed by atoms with van der Waals surface area (Å²) in [7, 11) is 3.62. The van der Waals surface area contributed by atoms with E-state index >= 15 is 0 Å². The lowest BCUT2D eigenvalue weighted by Crippen LogP contribution is -2.41. The van der Waals surface area contributed by atoms with Crippen molar-refractivity contribution < 1.29 is 9.59 Å². The van der Waals surface area contributed by atoms with E-state index in [4.69, 9.17) is 11.6 Å². The second kappa shape index (κ2) is 8.31. The van der Waals surface area contributed by atoms with Crippen molar-refractivity contribution >= 4 is 23.4 Å². The molecule has 1 atom stereocenters. The van der Waals surface area contributed by atoms with Gasteiger partial charge in [0.1, 0.15) is 0 Å². The highest BCUT2D eigenvalue weighted by Gasteiger charge is 2.28. The lowest BCUT2D eigenvalue weighted by Gasteiger charge is -2.23. The van der Waals surface area contributed by atoms with Crippen molar-refractivity contribution in [2.24, 2.45) is 5.92 Å². The molecule has 0 spiro atoms. The molecule has 1 aromatic carbocycles. The maximum Gasteiger partial charge on any atom is 0.225 e. The quantitative estimate of drug-likeness (QED) is 0.903. The van der Waals surface area contributed by atoms with Gasteiger partial charge in [-0.2, -0.15) is 0 Å². The average molecular weight is 338 g/mol. The van der Waals surface area contributed by atoms with Crippen LogP contribution in [-0.4, -0.2) is 61.9 Å². The standard InChI is InChI=1S/C17H24ClN3O2/c1-19-17(23)14-11-20(2)9-10-21(12-14)16(22)8-5-13-3-6-15(18)7-4-13/h3-4,6-7,14H,5,8-12H2,1-2H3,(H,19,23)/t14-/m0/s1. The molecule has 1 saturated heterocycles. The zero-order valence-electron chi connectivity index (χ0n) is 13.7. The van der Waals surface area contributed by atoms with E-state index in [2.05, 4.69) is 10.2 Å². The van der Waals surface area contributed by atoms with Crippen LogP contribution in [-0.2, 0) is 16.0 Å². The Bertz CT molecular complexity index is 547. The molecule has 1 N–H and O–H groups in total. The summed E-state index contributed by atoms with van der Waals surface area (Å²) in [6.45, 7) is 2.63. The van der Waals surface area contributed by atoms with Crippen LogP contribution in [0.5, 0.6) is 0 Å². The van der Waals surface area contributed by atoms with Crippen LogP contribution in [0.25, 0.3) is 0 Å². The van der Waals surface area contributed by atoms with E-state index in [0.717, 1.165) is 12.1 Å². The first-order valence-electron chi connectivity index (χ1n) is 7.92. The Morgan fingerprint density at radius 1 is 1.22 bits per heavy atom. The maximum atomic E-state index is 12.5. The van der Waals surface area contributed by atoms with E-state index in [9.17, 15) is 9.59 Å². The third-order valence-corrected chi connectivity index (χ3v) is 4.49. The molecule has 0 bridgehead atoms. The monoisotopic (exact) mass is 337 g/mol. The second-order valence-corrected chi connectivity index (χ2v) is 6.48. The van der Waals surface area contributed by atoms with Gasteiger partial charge in [-0.15, -0.1) is 0 Å². The summed E-state index contributed by atoms with van der Waals surface area (Å²) in [4.78, 5) is 28.4. The van der Waals surface area contributed by atoms with Crippen molar-refractivity contribution in [1.29, 1.82) is 0 Å². The molecule has 2 rings (SSSR count). The van der Waals surface area contributed by atoms with E-state index in [0.29, 0.717) is 37.5 Å². The average Bonchev–Trinajstić information content (AvgIpc) is 2.75. The number of hydrogen-bond acceptors (Lipinski definition) is 3. The predicted octanol–water partition coefficient (Wildman–Crippen LogP) is 1.41. The Hall–Kier alpha value is -1.59. The molecule has 0 radical (unpaired) electrons. The Labute approximate surface area is 142 Å². The summed E-state index contributed by atoms with van der Waals surface area (Å²) in [5.41, 5.74) is 1.09. The Morgan fingerprint density at radius 2 is 1.91 bits per heavy atom. The van der Waals surface area contributed by atoms with Crippen molar-refractivity contribution in [3.05, 3.63) is 34.9 Å². The normalized spacial score (nSPS) is 19.3. The summed E-state index contributed by atoms with van der Waals surface area (Å²) in [5.74, 6) is -0.0783. The number of likely N-dealkylation sites (N-methyl/N-ethyl adjacent to an activating group) is 1. The van der Waals surface area contributed by atoms with Gasteiger partial charge in [-0.1, -0.05) is 23.7 Å². The van der Waals surface area contributed by atoms with Crippen LogP contribution in [0.3, 0.4) is 0 Å². The van der Waals surface area contributed by atoms with Crippen LogP contribution in [0.15, 0.2) is 24.3 Å². The zero-order valence-corrected chi connectivity index (χ0v) is 14.5. The van der Waals surface area contributed by atoms with E-state index in [1.165, 1.54) is 0 Å². The number of carbonyl (C=O) groups is 2. The van der Waals surface area contributed by atoms with Crippen molar-refractivity contribution in [3.8, 4) is 0 Å². The van der Waals surface area contributed by atoms with Gasteiger partial charge in [-0.3, -0.25) is 9.59 Å². The molecule has 5 nitrogen and oxygen atoms in total. The van der Waals surface area contributed by atoms with Gasteiger partial charge in [0, 0.05) is 44.7 Å². The Balaban J connectivity index is 1.94. The minimum atomic E-state index is -0.174. The van der Waals surface area contributed by atoms with Crippen LogP contribution in [0, 0.1) is 5.92 Å². The number of amides is 2. The molecule has 0 unspecified atom stereocenters. The van der Waals surface area contributed by atoms with Gasteiger partial charge < -0.3 is 15.1 Å². The first-order chi connectivity index (χ1) is 11.0. The van der Waals surface area contributed by atoms with Gasteiger partial charge in [-0.25, -0.2) is 0 Å². The number of hydrogen-bond donors (Lipinski definition) is 1.